The number of nitrogens with zero attached hydrogens (tertiary/aromatic N) is 2. The van der Waals surface area contributed by atoms with E-state index < -0.39 is 0 Å². The number of aromatic nitrogens is 1. The number of hydrazine groups is 1. The van der Waals surface area contributed by atoms with Gasteiger partial charge in [-0.25, -0.2) is 9.82 Å². The fraction of sp³-hybridized carbons (Fsp3) is 0.136. The summed E-state index contributed by atoms with van der Waals surface area (Å²) in [5, 5.41) is 2.25. The van der Waals surface area contributed by atoms with E-state index in [4.69, 9.17) is 16.3 Å². The summed E-state index contributed by atoms with van der Waals surface area (Å²) in [4.78, 5) is 4.19. The molecular weight excluding hydrogens is 377 g/mol. The van der Waals surface area contributed by atoms with E-state index in [0.717, 1.165) is 22.6 Å². The van der Waals surface area contributed by atoms with Gasteiger partial charge in [0.05, 0.1) is 18.8 Å². The molecule has 4 rings (SSSR count). The Bertz CT molecular complexity index is 1010. The topological polar surface area (TPSA) is 37.4 Å². The third-order valence-electron chi connectivity index (χ3n) is 4.69. The van der Waals surface area contributed by atoms with Gasteiger partial charge in [-0.05, 0) is 47.9 Å². The van der Waals surface area contributed by atoms with Crippen molar-refractivity contribution in [3.63, 3.8) is 0 Å². The molecule has 0 saturated heterocycles. The molecule has 1 atom stereocenters. The second kappa shape index (κ2) is 8.00. The zero-order valence-electron chi connectivity index (χ0n) is 15.3. The summed E-state index contributed by atoms with van der Waals surface area (Å²) in [5.41, 5.74) is 6.72. The number of anilines is 1. The molecule has 3 aromatic rings. The molecule has 1 aromatic heterocycles. The highest BCUT2D eigenvalue weighted by Gasteiger charge is 2.29. The maximum atomic E-state index is 14.7. The van der Waals surface area contributed by atoms with Gasteiger partial charge in [0, 0.05) is 29.2 Å². The quantitative estimate of drug-likeness (QED) is 0.669. The number of hydrogen-bond donors (Lipinski definition) is 1. The van der Waals surface area contributed by atoms with Crippen molar-refractivity contribution in [2.75, 3.05) is 12.1 Å². The lowest BCUT2D eigenvalue weighted by molar-refractivity contribution is 0.414. The van der Waals surface area contributed by atoms with Crippen molar-refractivity contribution in [2.45, 2.75) is 12.5 Å². The van der Waals surface area contributed by atoms with Crippen LogP contribution in [0.25, 0.3) is 5.57 Å². The van der Waals surface area contributed by atoms with Gasteiger partial charge in [-0.3, -0.25) is 9.99 Å². The fourth-order valence-corrected chi connectivity index (χ4v) is 3.52. The molecule has 0 radical (unpaired) electrons. The lowest BCUT2D eigenvalue weighted by atomic mass is 9.95. The second-order valence-corrected chi connectivity index (χ2v) is 6.93. The first kappa shape index (κ1) is 18.5. The highest BCUT2D eigenvalue weighted by molar-refractivity contribution is 6.30. The summed E-state index contributed by atoms with van der Waals surface area (Å²) in [5.74, 6) is 0.378. The van der Waals surface area contributed by atoms with Crippen LogP contribution in [0.15, 0.2) is 73.2 Å². The molecule has 4 nitrogen and oxygen atoms in total. The van der Waals surface area contributed by atoms with Crippen molar-refractivity contribution < 1.29 is 9.13 Å². The van der Waals surface area contributed by atoms with Crippen LogP contribution in [0.4, 0.5) is 10.1 Å². The van der Waals surface area contributed by atoms with Crippen molar-refractivity contribution in [2.24, 2.45) is 0 Å². The number of hydrogen-bond acceptors (Lipinski definition) is 4. The lowest BCUT2D eigenvalue weighted by Crippen LogP contribution is -2.37. The van der Waals surface area contributed by atoms with Gasteiger partial charge in [0.1, 0.15) is 11.6 Å². The summed E-state index contributed by atoms with van der Waals surface area (Å²) in [6.45, 7) is 0. The molecular formula is C22H19ClFN3O. The molecule has 1 aliphatic heterocycles. The zero-order chi connectivity index (χ0) is 19.5. The van der Waals surface area contributed by atoms with Crippen LogP contribution >= 0.6 is 11.6 Å². The van der Waals surface area contributed by atoms with Crippen LogP contribution in [0, 0.1) is 5.82 Å². The number of halogens is 2. The number of methoxy groups -OCH3 is 1. The first-order valence-electron chi connectivity index (χ1n) is 8.90. The van der Waals surface area contributed by atoms with Gasteiger partial charge in [-0.2, -0.15) is 0 Å². The monoisotopic (exact) mass is 395 g/mol. The number of rotatable bonds is 5. The van der Waals surface area contributed by atoms with E-state index >= 15 is 0 Å². The molecule has 1 unspecified atom stereocenters. The highest BCUT2D eigenvalue weighted by atomic mass is 35.5. The van der Waals surface area contributed by atoms with E-state index in [-0.39, 0.29) is 11.9 Å². The largest absolute Gasteiger partial charge is 0.495 e. The van der Waals surface area contributed by atoms with Crippen molar-refractivity contribution in [1.29, 1.82) is 0 Å². The summed E-state index contributed by atoms with van der Waals surface area (Å²) in [6, 6.07) is 16.2. The first-order valence-corrected chi connectivity index (χ1v) is 9.28. The molecule has 0 spiro atoms. The molecule has 0 saturated carbocycles. The molecule has 0 amide bonds. The highest BCUT2D eigenvalue weighted by Crippen LogP contribution is 2.35. The molecule has 6 heteroatoms. The van der Waals surface area contributed by atoms with Crippen LogP contribution in [0.2, 0.25) is 5.02 Å². The average molecular weight is 396 g/mol. The SMILES string of the molecule is COc1ccccc1N1C=C(c2ccc(Cl)cc2F)C(Cc2cccnc2)N1. The van der Waals surface area contributed by atoms with E-state index in [1.807, 2.05) is 53.8 Å². The summed E-state index contributed by atoms with van der Waals surface area (Å²) in [7, 11) is 1.63. The van der Waals surface area contributed by atoms with Crippen LogP contribution in [-0.4, -0.2) is 18.1 Å². The van der Waals surface area contributed by atoms with Crippen LogP contribution in [0.3, 0.4) is 0 Å². The lowest BCUT2D eigenvalue weighted by Gasteiger charge is -2.22. The number of para-hydroxylation sites is 2. The maximum Gasteiger partial charge on any atom is 0.143 e. The predicted molar refractivity (Wildman–Crippen MR) is 110 cm³/mol. The number of pyridine rings is 1. The number of ether oxygens (including phenoxy) is 1. The van der Waals surface area contributed by atoms with Gasteiger partial charge in [-0.15, -0.1) is 0 Å². The zero-order valence-corrected chi connectivity index (χ0v) is 16.0. The normalized spacial score (nSPS) is 16.2. The van der Waals surface area contributed by atoms with Gasteiger partial charge in [-0.1, -0.05) is 35.9 Å². The third-order valence-corrected chi connectivity index (χ3v) is 4.92. The Kier molecular flexibility index (Phi) is 5.28. The smallest absolute Gasteiger partial charge is 0.143 e. The Hall–Kier alpha value is -2.89. The fourth-order valence-electron chi connectivity index (χ4n) is 3.36. The van der Waals surface area contributed by atoms with Crippen LogP contribution in [-0.2, 0) is 6.42 Å². The summed E-state index contributed by atoms with van der Waals surface area (Å²) < 4.78 is 20.2. The van der Waals surface area contributed by atoms with Crippen molar-refractivity contribution in [1.82, 2.24) is 10.4 Å². The standard InChI is InChI=1S/C22H19ClFN3O/c1-28-22-7-3-2-6-21(22)27-14-18(17-9-8-16(23)12-19(17)24)20(26-27)11-15-5-4-10-25-13-15/h2-10,12-14,20,26H,11H2,1H3. The van der Waals surface area contributed by atoms with Crippen molar-refractivity contribution in [3.05, 3.63) is 95.2 Å². The Morgan fingerprint density at radius 2 is 2.04 bits per heavy atom. The molecule has 2 aromatic carbocycles. The van der Waals surface area contributed by atoms with Gasteiger partial charge in [0.2, 0.25) is 0 Å². The Balaban J connectivity index is 1.74. The molecule has 1 aliphatic rings. The second-order valence-electron chi connectivity index (χ2n) is 6.50. The average Bonchev–Trinajstić information content (AvgIpc) is 3.12. The molecule has 28 heavy (non-hydrogen) atoms. The minimum atomic E-state index is -0.349. The van der Waals surface area contributed by atoms with Gasteiger partial charge < -0.3 is 4.74 Å². The van der Waals surface area contributed by atoms with Crippen molar-refractivity contribution >= 4 is 22.9 Å². The molecule has 142 valence electrons. The van der Waals surface area contributed by atoms with E-state index in [1.54, 1.807) is 25.4 Å². The van der Waals surface area contributed by atoms with Crippen LogP contribution in [0.5, 0.6) is 5.75 Å². The minimum absolute atomic E-state index is 0.134. The predicted octanol–water partition coefficient (Wildman–Crippen LogP) is 4.86. The maximum absolute atomic E-state index is 14.7. The Morgan fingerprint density at radius 1 is 1.18 bits per heavy atom. The Morgan fingerprint density at radius 3 is 2.79 bits per heavy atom. The molecule has 0 fully saturated rings. The van der Waals surface area contributed by atoms with Crippen LogP contribution in [0.1, 0.15) is 11.1 Å². The number of benzene rings is 2. The molecule has 1 N–H and O–H groups in total. The first-order chi connectivity index (χ1) is 13.7. The number of nitrogens with one attached hydrogen (secondary N) is 1. The van der Waals surface area contributed by atoms with Crippen molar-refractivity contribution in [3.8, 4) is 5.75 Å². The van der Waals surface area contributed by atoms with E-state index in [2.05, 4.69) is 10.4 Å². The molecule has 0 bridgehead atoms. The molecule has 2 heterocycles. The van der Waals surface area contributed by atoms with Crippen LogP contribution < -0.4 is 15.2 Å². The minimum Gasteiger partial charge on any atom is -0.495 e. The van der Waals surface area contributed by atoms with E-state index in [9.17, 15) is 4.39 Å². The van der Waals surface area contributed by atoms with Gasteiger partial charge in [0.15, 0.2) is 0 Å². The van der Waals surface area contributed by atoms with Gasteiger partial charge >= 0.3 is 0 Å². The summed E-state index contributed by atoms with van der Waals surface area (Å²) >= 11 is 5.94. The van der Waals surface area contributed by atoms with E-state index in [0.29, 0.717) is 17.0 Å². The summed E-state index contributed by atoms with van der Waals surface area (Å²) in [6.07, 6.45) is 6.13. The third kappa shape index (κ3) is 3.72. The Labute approximate surface area is 168 Å². The van der Waals surface area contributed by atoms with E-state index in [1.165, 1.54) is 6.07 Å². The molecule has 0 aliphatic carbocycles. The van der Waals surface area contributed by atoms with Gasteiger partial charge in [0.25, 0.3) is 0 Å².